The van der Waals surface area contributed by atoms with Crippen LogP contribution in [-0.4, -0.2) is 5.78 Å². The standard InChI is InChI=1S/C18H17FO/c1-12-10-14(11-13(2)16(12)19)17(20)18(8-9-18)15-6-4-3-5-7-15/h3-7,10-11H,8-9H2,1-2H3. The Bertz CT molecular complexity index is 646. The lowest BCUT2D eigenvalue weighted by Crippen LogP contribution is -2.21. The van der Waals surface area contributed by atoms with Crippen LogP contribution >= 0.6 is 0 Å². The third kappa shape index (κ3) is 1.96. The molecule has 0 spiro atoms. The summed E-state index contributed by atoms with van der Waals surface area (Å²) in [6, 6.07) is 13.2. The van der Waals surface area contributed by atoms with Crippen LogP contribution < -0.4 is 0 Å². The first-order chi connectivity index (χ1) is 9.54. The number of halogens is 1. The second kappa shape index (κ2) is 4.55. The van der Waals surface area contributed by atoms with Crippen molar-refractivity contribution in [3.8, 4) is 0 Å². The maximum absolute atomic E-state index is 13.7. The minimum absolute atomic E-state index is 0.120. The normalized spacial score (nSPS) is 15.9. The number of Topliss-reactive ketones (excluding diaryl/α,β-unsaturated/α-hetero) is 1. The molecule has 1 aliphatic rings. The Morgan fingerprint density at radius 1 is 1.05 bits per heavy atom. The molecule has 0 atom stereocenters. The largest absolute Gasteiger partial charge is 0.293 e. The first-order valence-electron chi connectivity index (χ1n) is 6.92. The van der Waals surface area contributed by atoms with Crippen molar-refractivity contribution in [1.82, 2.24) is 0 Å². The van der Waals surface area contributed by atoms with Crippen molar-refractivity contribution >= 4 is 5.78 Å². The van der Waals surface area contributed by atoms with Gasteiger partial charge in [0.15, 0.2) is 5.78 Å². The van der Waals surface area contributed by atoms with Crippen LogP contribution in [0.1, 0.15) is 39.9 Å². The van der Waals surface area contributed by atoms with Crippen molar-refractivity contribution in [2.24, 2.45) is 0 Å². The van der Waals surface area contributed by atoms with Crippen LogP contribution in [-0.2, 0) is 5.41 Å². The molecule has 0 bridgehead atoms. The highest BCUT2D eigenvalue weighted by atomic mass is 19.1. The van der Waals surface area contributed by atoms with Crippen molar-refractivity contribution < 1.29 is 9.18 Å². The lowest BCUT2D eigenvalue weighted by Gasteiger charge is -2.15. The molecule has 20 heavy (non-hydrogen) atoms. The van der Waals surface area contributed by atoms with Crippen LogP contribution in [0.3, 0.4) is 0 Å². The Kier molecular flexibility index (Phi) is 2.97. The molecular formula is C18H17FO. The van der Waals surface area contributed by atoms with Crippen molar-refractivity contribution in [2.45, 2.75) is 32.1 Å². The number of rotatable bonds is 3. The molecule has 0 radical (unpaired) electrons. The van der Waals surface area contributed by atoms with Crippen molar-refractivity contribution in [2.75, 3.05) is 0 Å². The summed E-state index contributed by atoms with van der Waals surface area (Å²) in [5.41, 5.74) is 2.40. The van der Waals surface area contributed by atoms with Crippen LogP contribution in [0.25, 0.3) is 0 Å². The predicted molar refractivity (Wildman–Crippen MR) is 77.6 cm³/mol. The Labute approximate surface area is 118 Å². The zero-order valence-electron chi connectivity index (χ0n) is 11.7. The van der Waals surface area contributed by atoms with E-state index in [0.717, 1.165) is 18.4 Å². The van der Waals surface area contributed by atoms with E-state index in [0.29, 0.717) is 16.7 Å². The Morgan fingerprint density at radius 3 is 2.10 bits per heavy atom. The van der Waals surface area contributed by atoms with E-state index in [-0.39, 0.29) is 17.0 Å². The van der Waals surface area contributed by atoms with Crippen LogP contribution in [0.2, 0.25) is 0 Å². The Morgan fingerprint density at radius 2 is 1.60 bits per heavy atom. The smallest absolute Gasteiger partial charge is 0.173 e. The number of carbonyl (C=O) groups is 1. The number of hydrogen-bond donors (Lipinski definition) is 0. The third-order valence-electron chi connectivity index (χ3n) is 4.21. The first-order valence-corrected chi connectivity index (χ1v) is 6.92. The predicted octanol–water partition coefficient (Wildman–Crippen LogP) is 4.36. The molecule has 0 aromatic heterocycles. The second-order valence-electron chi connectivity index (χ2n) is 5.70. The van der Waals surface area contributed by atoms with Gasteiger partial charge in [0, 0.05) is 5.56 Å². The van der Waals surface area contributed by atoms with Gasteiger partial charge in [-0.25, -0.2) is 4.39 Å². The highest BCUT2D eigenvalue weighted by Gasteiger charge is 2.51. The van der Waals surface area contributed by atoms with Gasteiger partial charge in [0.25, 0.3) is 0 Å². The molecule has 2 aromatic rings. The molecule has 1 nitrogen and oxygen atoms in total. The number of aryl methyl sites for hydroxylation is 2. The quantitative estimate of drug-likeness (QED) is 0.756. The first kappa shape index (κ1) is 13.0. The average molecular weight is 268 g/mol. The van der Waals surface area contributed by atoms with Crippen LogP contribution in [0.15, 0.2) is 42.5 Å². The zero-order valence-corrected chi connectivity index (χ0v) is 11.7. The Balaban J connectivity index is 2.02. The maximum atomic E-state index is 13.7. The fourth-order valence-corrected chi connectivity index (χ4v) is 2.88. The SMILES string of the molecule is Cc1cc(C(=O)C2(c3ccccc3)CC2)cc(C)c1F. The maximum Gasteiger partial charge on any atom is 0.173 e. The summed E-state index contributed by atoms with van der Waals surface area (Å²) < 4.78 is 13.7. The molecule has 0 aliphatic heterocycles. The molecule has 0 amide bonds. The fraction of sp³-hybridized carbons (Fsp3) is 0.278. The van der Waals surface area contributed by atoms with E-state index >= 15 is 0 Å². The molecule has 0 unspecified atom stereocenters. The number of benzene rings is 2. The van der Waals surface area contributed by atoms with E-state index in [1.54, 1.807) is 26.0 Å². The molecule has 1 saturated carbocycles. The second-order valence-corrected chi connectivity index (χ2v) is 5.70. The third-order valence-corrected chi connectivity index (χ3v) is 4.21. The van der Waals surface area contributed by atoms with E-state index in [1.165, 1.54) is 0 Å². The molecule has 2 aromatic carbocycles. The molecule has 3 rings (SSSR count). The van der Waals surface area contributed by atoms with Gasteiger partial charge >= 0.3 is 0 Å². The van der Waals surface area contributed by atoms with Gasteiger partial charge < -0.3 is 0 Å². The van der Waals surface area contributed by atoms with Gasteiger partial charge in [-0.2, -0.15) is 0 Å². The van der Waals surface area contributed by atoms with Crippen molar-refractivity contribution in [3.63, 3.8) is 0 Å². The molecule has 0 heterocycles. The topological polar surface area (TPSA) is 17.1 Å². The summed E-state index contributed by atoms with van der Waals surface area (Å²) in [7, 11) is 0. The minimum Gasteiger partial charge on any atom is -0.293 e. The van der Waals surface area contributed by atoms with Gasteiger partial charge in [0.05, 0.1) is 5.41 Å². The molecule has 2 heteroatoms. The number of hydrogen-bond acceptors (Lipinski definition) is 1. The van der Waals surface area contributed by atoms with E-state index in [9.17, 15) is 9.18 Å². The molecule has 0 saturated heterocycles. The van der Waals surface area contributed by atoms with E-state index in [1.807, 2.05) is 30.3 Å². The lowest BCUT2D eigenvalue weighted by atomic mass is 9.86. The summed E-state index contributed by atoms with van der Waals surface area (Å²) in [4.78, 5) is 12.8. The molecular weight excluding hydrogens is 251 g/mol. The summed E-state index contributed by atoms with van der Waals surface area (Å²) in [6.45, 7) is 3.42. The van der Waals surface area contributed by atoms with Crippen LogP contribution in [0.4, 0.5) is 4.39 Å². The number of carbonyl (C=O) groups excluding carboxylic acids is 1. The van der Waals surface area contributed by atoms with E-state index in [4.69, 9.17) is 0 Å². The zero-order chi connectivity index (χ0) is 14.3. The van der Waals surface area contributed by atoms with Crippen molar-refractivity contribution in [3.05, 3.63) is 70.5 Å². The van der Waals surface area contributed by atoms with Gasteiger partial charge in [-0.1, -0.05) is 30.3 Å². The Hall–Kier alpha value is -1.96. The molecule has 1 fully saturated rings. The van der Waals surface area contributed by atoms with E-state index in [2.05, 4.69) is 0 Å². The fourth-order valence-electron chi connectivity index (χ4n) is 2.88. The van der Waals surface area contributed by atoms with Gasteiger partial charge in [-0.05, 0) is 55.5 Å². The van der Waals surface area contributed by atoms with Gasteiger partial charge in [0.2, 0.25) is 0 Å². The molecule has 102 valence electrons. The average Bonchev–Trinajstić information content (AvgIpc) is 3.26. The summed E-state index contributed by atoms with van der Waals surface area (Å²) in [5.74, 6) is -0.0963. The lowest BCUT2D eigenvalue weighted by molar-refractivity contribution is 0.0946. The summed E-state index contributed by atoms with van der Waals surface area (Å²) in [5, 5.41) is 0. The van der Waals surface area contributed by atoms with Gasteiger partial charge in [0.1, 0.15) is 5.82 Å². The van der Waals surface area contributed by atoms with Gasteiger partial charge in [-0.3, -0.25) is 4.79 Å². The molecule has 0 N–H and O–H groups in total. The van der Waals surface area contributed by atoms with Gasteiger partial charge in [-0.15, -0.1) is 0 Å². The summed E-state index contributed by atoms with van der Waals surface area (Å²) in [6.07, 6.45) is 1.76. The van der Waals surface area contributed by atoms with Crippen LogP contribution in [0, 0.1) is 19.7 Å². The van der Waals surface area contributed by atoms with Crippen LogP contribution in [0.5, 0.6) is 0 Å². The monoisotopic (exact) mass is 268 g/mol. The summed E-state index contributed by atoms with van der Waals surface area (Å²) >= 11 is 0. The molecule has 1 aliphatic carbocycles. The highest BCUT2D eigenvalue weighted by molar-refractivity contribution is 6.06. The highest BCUT2D eigenvalue weighted by Crippen LogP contribution is 2.50. The van der Waals surface area contributed by atoms with E-state index < -0.39 is 0 Å². The van der Waals surface area contributed by atoms with Crippen molar-refractivity contribution in [1.29, 1.82) is 0 Å². The number of ketones is 1. The minimum atomic E-state index is -0.377.